The highest BCUT2D eigenvalue weighted by molar-refractivity contribution is 14.0. The maximum absolute atomic E-state index is 5.97. The second-order valence-electron chi connectivity index (χ2n) is 5.81. The van der Waals surface area contributed by atoms with Crippen LogP contribution >= 0.6 is 24.0 Å². The van der Waals surface area contributed by atoms with Crippen molar-refractivity contribution in [1.29, 1.82) is 0 Å². The van der Waals surface area contributed by atoms with Crippen LogP contribution in [0.25, 0.3) is 0 Å². The molecule has 2 aromatic rings. The molecule has 0 atom stereocenters. The zero-order chi connectivity index (χ0) is 18.2. The van der Waals surface area contributed by atoms with Gasteiger partial charge in [-0.05, 0) is 35.4 Å². The van der Waals surface area contributed by atoms with E-state index in [0.29, 0.717) is 30.5 Å². The van der Waals surface area contributed by atoms with E-state index in [-0.39, 0.29) is 24.0 Å². The standard InChI is InChI=1S/C19H26N4O2.HI/c1-23(2)16-7-5-6-14(10-16)12-21-19(20)22-13-15-8-9-17(24-3)18(11-15)25-4;/h5-11H,12-13H2,1-4H3,(H3,20,21,22);1H. The van der Waals surface area contributed by atoms with Gasteiger partial charge in [-0.15, -0.1) is 24.0 Å². The van der Waals surface area contributed by atoms with E-state index in [1.807, 2.05) is 44.4 Å². The number of benzene rings is 2. The number of nitrogens with zero attached hydrogens (tertiary/aromatic N) is 2. The van der Waals surface area contributed by atoms with Crippen molar-refractivity contribution in [1.82, 2.24) is 5.32 Å². The van der Waals surface area contributed by atoms with E-state index in [4.69, 9.17) is 15.2 Å². The quantitative estimate of drug-likeness (QED) is 0.370. The van der Waals surface area contributed by atoms with Gasteiger partial charge in [0.1, 0.15) is 0 Å². The molecule has 2 aromatic carbocycles. The van der Waals surface area contributed by atoms with Gasteiger partial charge in [0.25, 0.3) is 0 Å². The molecule has 0 radical (unpaired) electrons. The number of ether oxygens (including phenoxy) is 2. The first-order valence-corrected chi connectivity index (χ1v) is 8.04. The Morgan fingerprint density at radius 3 is 2.42 bits per heavy atom. The summed E-state index contributed by atoms with van der Waals surface area (Å²) in [4.78, 5) is 6.46. The highest BCUT2D eigenvalue weighted by atomic mass is 127. The lowest BCUT2D eigenvalue weighted by Gasteiger charge is -2.13. The fourth-order valence-electron chi connectivity index (χ4n) is 2.35. The first kappa shape index (κ1) is 21.9. The van der Waals surface area contributed by atoms with Crippen molar-refractivity contribution in [3.8, 4) is 11.5 Å². The average molecular weight is 470 g/mol. The summed E-state index contributed by atoms with van der Waals surface area (Å²) < 4.78 is 10.5. The molecule has 0 aromatic heterocycles. The normalized spacial score (nSPS) is 10.7. The van der Waals surface area contributed by atoms with Crippen LogP contribution in [0, 0.1) is 0 Å². The molecule has 0 saturated carbocycles. The van der Waals surface area contributed by atoms with Gasteiger partial charge in [-0.3, -0.25) is 0 Å². The second kappa shape index (κ2) is 10.7. The molecule has 0 saturated heterocycles. The molecule has 6 nitrogen and oxygen atoms in total. The monoisotopic (exact) mass is 470 g/mol. The molecule has 0 aliphatic heterocycles. The van der Waals surface area contributed by atoms with Gasteiger partial charge in [0.05, 0.1) is 20.8 Å². The Balaban J connectivity index is 0.00000338. The highest BCUT2D eigenvalue weighted by Crippen LogP contribution is 2.27. The molecular formula is C19H27IN4O2. The first-order valence-electron chi connectivity index (χ1n) is 8.04. The van der Waals surface area contributed by atoms with Crippen LogP contribution in [0.5, 0.6) is 11.5 Å². The van der Waals surface area contributed by atoms with Crippen LogP contribution in [0.2, 0.25) is 0 Å². The molecule has 0 fully saturated rings. The van der Waals surface area contributed by atoms with Crippen molar-refractivity contribution in [3.63, 3.8) is 0 Å². The Morgan fingerprint density at radius 1 is 1.04 bits per heavy atom. The largest absolute Gasteiger partial charge is 0.493 e. The topological polar surface area (TPSA) is 72.1 Å². The highest BCUT2D eigenvalue weighted by Gasteiger charge is 2.04. The van der Waals surface area contributed by atoms with Gasteiger partial charge >= 0.3 is 0 Å². The van der Waals surface area contributed by atoms with Gasteiger partial charge in [0.15, 0.2) is 17.5 Å². The number of halogens is 1. The van der Waals surface area contributed by atoms with E-state index in [2.05, 4.69) is 27.3 Å². The summed E-state index contributed by atoms with van der Waals surface area (Å²) in [6.07, 6.45) is 0. The first-order chi connectivity index (χ1) is 12.0. The minimum absolute atomic E-state index is 0. The molecule has 0 spiro atoms. The summed E-state index contributed by atoms with van der Waals surface area (Å²) in [5.41, 5.74) is 9.26. The lowest BCUT2D eigenvalue weighted by atomic mass is 10.2. The van der Waals surface area contributed by atoms with Crippen LogP contribution < -0.4 is 25.4 Å². The second-order valence-corrected chi connectivity index (χ2v) is 5.81. The minimum Gasteiger partial charge on any atom is -0.493 e. The molecule has 0 bridgehead atoms. The van der Waals surface area contributed by atoms with Crippen LogP contribution in [-0.2, 0) is 13.1 Å². The van der Waals surface area contributed by atoms with E-state index in [9.17, 15) is 0 Å². The van der Waals surface area contributed by atoms with Crippen molar-refractivity contribution in [2.24, 2.45) is 10.7 Å². The van der Waals surface area contributed by atoms with E-state index in [1.54, 1.807) is 14.2 Å². The van der Waals surface area contributed by atoms with Gasteiger partial charge in [-0.1, -0.05) is 18.2 Å². The maximum Gasteiger partial charge on any atom is 0.189 e. The lowest BCUT2D eigenvalue weighted by Crippen LogP contribution is -2.31. The summed E-state index contributed by atoms with van der Waals surface area (Å²) in [5.74, 6) is 1.80. The molecule has 26 heavy (non-hydrogen) atoms. The van der Waals surface area contributed by atoms with E-state index in [0.717, 1.165) is 16.8 Å². The van der Waals surface area contributed by atoms with Crippen LogP contribution in [0.4, 0.5) is 5.69 Å². The number of rotatable bonds is 7. The molecule has 0 heterocycles. The van der Waals surface area contributed by atoms with Crippen molar-refractivity contribution >= 4 is 35.6 Å². The smallest absolute Gasteiger partial charge is 0.189 e. The lowest BCUT2D eigenvalue weighted by molar-refractivity contribution is 0.354. The van der Waals surface area contributed by atoms with E-state index < -0.39 is 0 Å². The van der Waals surface area contributed by atoms with E-state index >= 15 is 0 Å². The number of nitrogens with one attached hydrogen (secondary N) is 1. The Morgan fingerprint density at radius 2 is 1.77 bits per heavy atom. The molecule has 2 rings (SSSR count). The number of aliphatic imine (C=N–C) groups is 1. The Bertz CT molecular complexity index is 735. The molecule has 0 aliphatic carbocycles. The number of anilines is 1. The minimum atomic E-state index is 0. The predicted molar refractivity (Wildman–Crippen MR) is 118 cm³/mol. The summed E-state index contributed by atoms with van der Waals surface area (Å²) in [5, 5.41) is 3.12. The Labute approximate surface area is 172 Å². The van der Waals surface area contributed by atoms with Gasteiger partial charge in [-0.2, -0.15) is 0 Å². The molecule has 3 N–H and O–H groups in total. The van der Waals surface area contributed by atoms with Gasteiger partial charge in [0, 0.05) is 26.3 Å². The number of hydrogen-bond donors (Lipinski definition) is 2. The Kier molecular flexibility index (Phi) is 9.04. The Hall–Kier alpha value is -2.16. The van der Waals surface area contributed by atoms with Crippen molar-refractivity contribution in [2.75, 3.05) is 33.2 Å². The summed E-state index contributed by atoms with van der Waals surface area (Å²) in [7, 11) is 7.27. The number of methoxy groups -OCH3 is 2. The maximum atomic E-state index is 5.97. The van der Waals surface area contributed by atoms with Gasteiger partial charge in [-0.25, -0.2) is 4.99 Å². The third kappa shape index (κ3) is 6.29. The predicted octanol–water partition coefficient (Wildman–Crippen LogP) is 2.99. The molecule has 142 valence electrons. The van der Waals surface area contributed by atoms with Gasteiger partial charge in [0.2, 0.25) is 0 Å². The third-order valence-electron chi connectivity index (χ3n) is 3.78. The van der Waals surface area contributed by atoms with Crippen molar-refractivity contribution in [3.05, 3.63) is 53.6 Å². The zero-order valence-electron chi connectivity index (χ0n) is 15.7. The van der Waals surface area contributed by atoms with Crippen molar-refractivity contribution in [2.45, 2.75) is 13.1 Å². The van der Waals surface area contributed by atoms with Crippen LogP contribution in [0.1, 0.15) is 11.1 Å². The molecule has 7 heteroatoms. The van der Waals surface area contributed by atoms with E-state index in [1.165, 1.54) is 0 Å². The number of hydrogen-bond acceptors (Lipinski definition) is 4. The summed E-state index contributed by atoms with van der Waals surface area (Å²) in [6.45, 7) is 1.10. The van der Waals surface area contributed by atoms with Gasteiger partial charge < -0.3 is 25.4 Å². The van der Waals surface area contributed by atoms with Crippen LogP contribution in [0.15, 0.2) is 47.5 Å². The van der Waals surface area contributed by atoms with Crippen LogP contribution in [-0.4, -0.2) is 34.3 Å². The molecule has 0 unspecified atom stereocenters. The fraction of sp³-hybridized carbons (Fsp3) is 0.316. The summed E-state index contributed by atoms with van der Waals surface area (Å²) >= 11 is 0. The number of nitrogens with two attached hydrogens (primary N) is 1. The molecule has 0 aliphatic rings. The average Bonchev–Trinajstić information content (AvgIpc) is 2.64. The fourth-order valence-corrected chi connectivity index (χ4v) is 2.35. The zero-order valence-corrected chi connectivity index (χ0v) is 18.0. The number of guanidine groups is 1. The summed E-state index contributed by atoms with van der Waals surface area (Å²) in [6, 6.07) is 14.0. The SMILES string of the molecule is COc1ccc(CNC(N)=NCc2cccc(N(C)C)c2)cc1OC.I. The van der Waals surface area contributed by atoms with Crippen molar-refractivity contribution < 1.29 is 9.47 Å². The third-order valence-corrected chi connectivity index (χ3v) is 3.78. The molecular weight excluding hydrogens is 443 g/mol. The van der Waals surface area contributed by atoms with Crippen LogP contribution in [0.3, 0.4) is 0 Å². The molecule has 0 amide bonds.